The van der Waals surface area contributed by atoms with Gasteiger partial charge in [0.2, 0.25) is 0 Å². The Morgan fingerprint density at radius 3 is 2.67 bits per heavy atom. The second kappa shape index (κ2) is 7.63. The molecule has 3 aromatic rings. The lowest BCUT2D eigenvalue weighted by molar-refractivity contribution is -0.141. The average Bonchev–Trinajstić information content (AvgIpc) is 3.19. The van der Waals surface area contributed by atoms with Crippen molar-refractivity contribution in [3.63, 3.8) is 0 Å². The number of nitrogens with zero attached hydrogens (tertiary/aromatic N) is 4. The van der Waals surface area contributed by atoms with Gasteiger partial charge in [0.15, 0.2) is 0 Å². The lowest BCUT2D eigenvalue weighted by Crippen LogP contribution is -2.32. The van der Waals surface area contributed by atoms with Crippen LogP contribution in [-0.4, -0.2) is 20.7 Å². The van der Waals surface area contributed by atoms with E-state index in [0.29, 0.717) is 35.3 Å². The van der Waals surface area contributed by atoms with Crippen molar-refractivity contribution in [2.24, 2.45) is 0 Å². The fraction of sp³-hybridized carbons (Fsp3) is 0.238. The molecule has 1 aliphatic heterocycles. The standard InChI is InChI=1S/C21H16F3N5O/c22-21(23,24)19-10-15(7-8-26-19)17-11-18-16(2-1-9-29(18)28-17)27-20(30)14-5-3-13(12-25)4-6-14/h3-8,10-11,16H,1-2,9H2,(H,27,30)/t16-/m0/s1. The van der Waals surface area contributed by atoms with Gasteiger partial charge in [0, 0.05) is 23.9 Å². The normalized spacial score (nSPS) is 15.9. The van der Waals surface area contributed by atoms with Crippen molar-refractivity contribution in [1.29, 1.82) is 5.26 Å². The van der Waals surface area contributed by atoms with Crippen molar-refractivity contribution in [1.82, 2.24) is 20.1 Å². The number of alkyl halides is 3. The van der Waals surface area contributed by atoms with Crippen molar-refractivity contribution in [3.8, 4) is 17.3 Å². The number of carbonyl (C=O) groups is 1. The third kappa shape index (κ3) is 3.89. The number of aryl methyl sites for hydroxylation is 1. The summed E-state index contributed by atoms with van der Waals surface area (Å²) in [6.07, 6.45) is -1.96. The zero-order chi connectivity index (χ0) is 21.3. The molecule has 0 saturated heterocycles. The van der Waals surface area contributed by atoms with Crippen LogP contribution in [0.5, 0.6) is 0 Å². The summed E-state index contributed by atoms with van der Waals surface area (Å²) < 4.78 is 40.6. The second-order valence-corrected chi connectivity index (χ2v) is 6.96. The van der Waals surface area contributed by atoms with Crippen molar-refractivity contribution >= 4 is 5.91 Å². The monoisotopic (exact) mass is 411 g/mol. The number of nitriles is 1. The highest BCUT2D eigenvalue weighted by Crippen LogP contribution is 2.32. The SMILES string of the molecule is N#Cc1ccc(C(=O)N[C@H]2CCCn3nc(-c4ccnc(C(F)(F)F)c4)cc32)cc1. The van der Waals surface area contributed by atoms with Crippen LogP contribution >= 0.6 is 0 Å². The molecule has 4 rings (SSSR count). The summed E-state index contributed by atoms with van der Waals surface area (Å²) in [6, 6.07) is 12.1. The molecule has 30 heavy (non-hydrogen) atoms. The molecule has 0 radical (unpaired) electrons. The Bertz CT molecular complexity index is 1130. The predicted molar refractivity (Wildman–Crippen MR) is 101 cm³/mol. The maximum atomic E-state index is 13.0. The molecule has 0 fully saturated rings. The first-order valence-electron chi connectivity index (χ1n) is 9.27. The van der Waals surface area contributed by atoms with Gasteiger partial charge in [0.05, 0.1) is 29.1 Å². The van der Waals surface area contributed by atoms with Crippen LogP contribution in [0, 0.1) is 11.3 Å². The summed E-state index contributed by atoms with van der Waals surface area (Å²) in [7, 11) is 0. The van der Waals surface area contributed by atoms with E-state index in [2.05, 4.69) is 15.4 Å². The topological polar surface area (TPSA) is 83.6 Å². The van der Waals surface area contributed by atoms with Crippen LogP contribution in [0.1, 0.15) is 46.2 Å². The number of hydrogen-bond donors (Lipinski definition) is 1. The molecule has 1 amide bonds. The Balaban J connectivity index is 1.58. The van der Waals surface area contributed by atoms with E-state index in [4.69, 9.17) is 5.26 Å². The quantitative estimate of drug-likeness (QED) is 0.703. The highest BCUT2D eigenvalue weighted by molar-refractivity contribution is 5.94. The lowest BCUT2D eigenvalue weighted by atomic mass is 10.0. The molecule has 9 heteroatoms. The zero-order valence-electron chi connectivity index (χ0n) is 15.6. The van der Waals surface area contributed by atoms with E-state index in [9.17, 15) is 18.0 Å². The van der Waals surface area contributed by atoms with Gasteiger partial charge < -0.3 is 5.32 Å². The van der Waals surface area contributed by atoms with Gasteiger partial charge in [0.25, 0.3) is 5.91 Å². The number of aromatic nitrogens is 3. The summed E-state index contributed by atoms with van der Waals surface area (Å²) >= 11 is 0. The maximum Gasteiger partial charge on any atom is 0.433 e. The smallest absolute Gasteiger partial charge is 0.344 e. The first-order valence-corrected chi connectivity index (χ1v) is 9.27. The molecule has 6 nitrogen and oxygen atoms in total. The largest absolute Gasteiger partial charge is 0.433 e. The van der Waals surface area contributed by atoms with E-state index in [1.807, 2.05) is 6.07 Å². The molecule has 1 aromatic carbocycles. The molecular weight excluding hydrogens is 395 g/mol. The molecule has 2 aromatic heterocycles. The van der Waals surface area contributed by atoms with E-state index in [-0.39, 0.29) is 11.9 Å². The number of fused-ring (bicyclic) bond motifs is 1. The minimum atomic E-state index is -4.53. The minimum absolute atomic E-state index is 0.288. The molecule has 0 saturated carbocycles. The van der Waals surface area contributed by atoms with Gasteiger partial charge in [-0.2, -0.15) is 23.5 Å². The average molecular weight is 411 g/mol. The van der Waals surface area contributed by atoms with Crippen LogP contribution in [-0.2, 0) is 12.7 Å². The Labute approximate surface area is 170 Å². The molecule has 152 valence electrons. The van der Waals surface area contributed by atoms with Crippen LogP contribution < -0.4 is 5.32 Å². The number of benzene rings is 1. The Kier molecular flexibility index (Phi) is 4.99. The Morgan fingerprint density at radius 1 is 1.20 bits per heavy atom. The zero-order valence-corrected chi connectivity index (χ0v) is 15.6. The molecule has 0 aliphatic carbocycles. The van der Waals surface area contributed by atoms with Gasteiger partial charge >= 0.3 is 6.18 Å². The van der Waals surface area contributed by atoms with Gasteiger partial charge in [-0.3, -0.25) is 14.5 Å². The molecule has 1 atom stereocenters. The van der Waals surface area contributed by atoms with Crippen LogP contribution in [0.25, 0.3) is 11.3 Å². The van der Waals surface area contributed by atoms with Gasteiger partial charge in [-0.05, 0) is 55.3 Å². The third-order valence-corrected chi connectivity index (χ3v) is 4.96. The molecule has 1 N–H and O–H groups in total. The highest BCUT2D eigenvalue weighted by Gasteiger charge is 2.33. The van der Waals surface area contributed by atoms with Gasteiger partial charge in [0.1, 0.15) is 5.69 Å². The van der Waals surface area contributed by atoms with E-state index < -0.39 is 11.9 Å². The van der Waals surface area contributed by atoms with E-state index in [1.165, 1.54) is 6.07 Å². The summed E-state index contributed by atoms with van der Waals surface area (Å²) in [5.74, 6) is -0.288. The van der Waals surface area contributed by atoms with Crippen LogP contribution in [0.4, 0.5) is 13.2 Å². The number of halogens is 3. The van der Waals surface area contributed by atoms with Crippen molar-refractivity contribution in [2.75, 3.05) is 0 Å². The first kappa shape index (κ1) is 19.6. The Hall–Kier alpha value is -3.67. The summed E-state index contributed by atoms with van der Waals surface area (Å²) in [5, 5.41) is 16.3. The van der Waals surface area contributed by atoms with Crippen molar-refractivity contribution in [2.45, 2.75) is 31.6 Å². The maximum absolute atomic E-state index is 13.0. The second-order valence-electron chi connectivity index (χ2n) is 6.96. The molecule has 0 unspecified atom stereocenters. The van der Waals surface area contributed by atoms with Gasteiger partial charge in [-0.1, -0.05) is 0 Å². The first-order chi connectivity index (χ1) is 14.3. The van der Waals surface area contributed by atoms with Gasteiger partial charge in [-0.15, -0.1) is 0 Å². The molecule has 0 bridgehead atoms. The fourth-order valence-corrected chi connectivity index (χ4v) is 3.45. The van der Waals surface area contributed by atoms with Crippen molar-refractivity contribution in [3.05, 3.63) is 71.2 Å². The molecule has 1 aliphatic rings. The van der Waals surface area contributed by atoms with Crippen LogP contribution in [0.2, 0.25) is 0 Å². The number of pyridine rings is 1. The predicted octanol–water partition coefficient (Wildman–Crippen LogP) is 4.10. The summed E-state index contributed by atoms with van der Waals surface area (Å²) in [6.45, 7) is 0.621. The summed E-state index contributed by atoms with van der Waals surface area (Å²) in [4.78, 5) is 16.0. The number of rotatable bonds is 3. The van der Waals surface area contributed by atoms with E-state index in [1.54, 1.807) is 35.0 Å². The van der Waals surface area contributed by atoms with E-state index in [0.717, 1.165) is 24.4 Å². The van der Waals surface area contributed by atoms with Crippen LogP contribution in [0.3, 0.4) is 0 Å². The fourth-order valence-electron chi connectivity index (χ4n) is 3.45. The Morgan fingerprint density at radius 2 is 1.97 bits per heavy atom. The van der Waals surface area contributed by atoms with E-state index >= 15 is 0 Å². The number of amides is 1. The molecular formula is C21H16F3N5O. The number of hydrogen-bond acceptors (Lipinski definition) is 4. The van der Waals surface area contributed by atoms with Crippen LogP contribution in [0.15, 0.2) is 48.7 Å². The third-order valence-electron chi connectivity index (χ3n) is 4.96. The molecule has 3 heterocycles. The molecule has 0 spiro atoms. The minimum Gasteiger partial charge on any atom is -0.344 e. The lowest BCUT2D eigenvalue weighted by Gasteiger charge is -2.24. The summed E-state index contributed by atoms with van der Waals surface area (Å²) in [5.41, 5.74) is 1.37. The van der Waals surface area contributed by atoms with Crippen molar-refractivity contribution < 1.29 is 18.0 Å². The number of nitrogens with one attached hydrogen (secondary N) is 1. The highest BCUT2D eigenvalue weighted by atomic mass is 19.4. The number of carbonyl (C=O) groups excluding carboxylic acids is 1. The van der Waals surface area contributed by atoms with Gasteiger partial charge in [-0.25, -0.2) is 0 Å².